The summed E-state index contributed by atoms with van der Waals surface area (Å²) in [6.07, 6.45) is -1.30. The minimum absolute atomic E-state index is 0.123. The molecular formula is C29H24O11. The average Bonchev–Trinajstić information content (AvgIpc) is 3.06. The summed E-state index contributed by atoms with van der Waals surface area (Å²) in [6.45, 7) is 3.74. The number of ketones is 1. The van der Waals surface area contributed by atoms with Crippen LogP contribution in [0, 0.1) is 25.7 Å². The number of fused-ring (bicyclic) bond motifs is 4. The van der Waals surface area contributed by atoms with Crippen LogP contribution in [0.15, 0.2) is 17.9 Å². The quantitative estimate of drug-likeness (QED) is 0.373. The molecule has 0 aromatic heterocycles. The van der Waals surface area contributed by atoms with Crippen LogP contribution in [-0.2, 0) is 34.8 Å². The molecule has 2 bridgehead atoms. The van der Waals surface area contributed by atoms with Crippen LogP contribution >= 0.6 is 0 Å². The zero-order valence-electron chi connectivity index (χ0n) is 21.9. The normalized spacial score (nSPS) is 30.7. The largest absolute Gasteiger partial charge is 0.511 e. The lowest BCUT2D eigenvalue weighted by molar-refractivity contribution is -0.154. The van der Waals surface area contributed by atoms with E-state index in [1.165, 1.54) is 26.2 Å². The van der Waals surface area contributed by atoms with E-state index in [2.05, 4.69) is 0 Å². The molecule has 2 aromatic carbocycles. The van der Waals surface area contributed by atoms with Crippen LogP contribution in [-0.4, -0.2) is 65.4 Å². The van der Waals surface area contributed by atoms with E-state index < -0.39 is 65.0 Å². The summed E-state index contributed by atoms with van der Waals surface area (Å²) in [5, 5.41) is 33.8. The van der Waals surface area contributed by atoms with Crippen molar-refractivity contribution in [3.8, 4) is 11.5 Å². The Morgan fingerprint density at radius 2 is 1.57 bits per heavy atom. The number of hydrogen-bond acceptors (Lipinski definition) is 11. The van der Waals surface area contributed by atoms with Gasteiger partial charge in [-0.25, -0.2) is 9.59 Å². The smallest absolute Gasteiger partial charge is 0.342 e. The second-order valence-corrected chi connectivity index (χ2v) is 11.0. The molecule has 1 spiro atoms. The number of methoxy groups -OCH3 is 1. The Morgan fingerprint density at radius 3 is 2.25 bits per heavy atom. The van der Waals surface area contributed by atoms with Crippen molar-refractivity contribution in [2.75, 3.05) is 20.3 Å². The molecule has 11 heteroatoms. The highest BCUT2D eigenvalue weighted by Gasteiger charge is 2.80. The SMILES string of the molecule is CO[C@]12c3c(C)cc(O)c4c3C(=C(O)[C@H]1[C@@]13COC(=O)c5c(O)cc(C)c(c51)C(=O)[C@H]2[C@@H]3OC(C)=O)COC4=O. The predicted molar refractivity (Wildman–Crippen MR) is 133 cm³/mol. The number of carbonyl (C=O) groups excluding carboxylic acids is 4. The fourth-order valence-electron chi connectivity index (χ4n) is 8.22. The summed E-state index contributed by atoms with van der Waals surface area (Å²) in [4.78, 5) is 53.1. The highest BCUT2D eigenvalue weighted by atomic mass is 16.6. The van der Waals surface area contributed by atoms with Gasteiger partial charge >= 0.3 is 17.9 Å². The second kappa shape index (κ2) is 7.42. The van der Waals surface area contributed by atoms with Crippen LogP contribution in [0.3, 0.4) is 0 Å². The number of aryl methyl sites for hydroxylation is 2. The Balaban J connectivity index is 1.71. The lowest BCUT2D eigenvalue weighted by atomic mass is 9.60. The van der Waals surface area contributed by atoms with Crippen LogP contribution in [0.1, 0.15) is 65.8 Å². The number of phenolic OH excluding ortho intramolecular Hbond substituents is 2. The van der Waals surface area contributed by atoms with Crippen molar-refractivity contribution in [3.63, 3.8) is 0 Å². The zero-order chi connectivity index (χ0) is 28.6. The van der Waals surface area contributed by atoms with Gasteiger partial charge in [0.15, 0.2) is 5.78 Å². The van der Waals surface area contributed by atoms with Gasteiger partial charge in [0, 0.05) is 30.7 Å². The van der Waals surface area contributed by atoms with Crippen molar-refractivity contribution in [2.24, 2.45) is 11.8 Å². The van der Waals surface area contributed by atoms with E-state index in [-0.39, 0.29) is 51.5 Å². The standard InChI is InChI=1S/C29H24O11/c1-9-5-14(32)18-20-15(9)23(34)21-25(40-11(3)30)28(20,8-39-27(18)36)24-22(33)12-7-38-26(35)17-13(31)6-10(2)19(16(12)17)29(21,24)37-4/h5-6,21,24-25,31-33H,7-8H2,1-4H3/t21-,24-,25-,28+,29-/m0/s1. The van der Waals surface area contributed by atoms with Gasteiger partial charge in [-0.1, -0.05) is 0 Å². The molecule has 1 saturated carbocycles. The molecule has 11 nitrogen and oxygen atoms in total. The third kappa shape index (κ3) is 2.42. The number of aliphatic hydroxyl groups excluding tert-OH is 1. The van der Waals surface area contributed by atoms with E-state index in [1.807, 2.05) is 0 Å². The molecule has 0 unspecified atom stereocenters. The molecule has 5 atom stereocenters. The monoisotopic (exact) mass is 548 g/mol. The maximum absolute atomic E-state index is 14.6. The Morgan fingerprint density at radius 1 is 0.925 bits per heavy atom. The molecule has 3 N–H and O–H groups in total. The van der Waals surface area contributed by atoms with Gasteiger partial charge < -0.3 is 34.3 Å². The van der Waals surface area contributed by atoms with Gasteiger partial charge in [0.25, 0.3) is 0 Å². The molecule has 2 aromatic rings. The molecule has 206 valence electrons. The highest BCUT2D eigenvalue weighted by molar-refractivity contribution is 6.11. The highest BCUT2D eigenvalue weighted by Crippen LogP contribution is 2.71. The third-order valence-corrected chi connectivity index (χ3v) is 9.32. The molecule has 0 amide bonds. The van der Waals surface area contributed by atoms with E-state index in [0.29, 0.717) is 16.7 Å². The number of ether oxygens (including phenoxy) is 4. The number of rotatable bonds is 2. The Hall–Kier alpha value is -4.38. The summed E-state index contributed by atoms with van der Waals surface area (Å²) < 4.78 is 23.1. The molecule has 2 heterocycles. The van der Waals surface area contributed by atoms with Crippen LogP contribution < -0.4 is 0 Å². The molecule has 0 saturated heterocycles. The van der Waals surface area contributed by atoms with Crippen LogP contribution in [0.5, 0.6) is 11.5 Å². The van der Waals surface area contributed by atoms with Crippen LogP contribution in [0.4, 0.5) is 0 Å². The van der Waals surface area contributed by atoms with Crippen molar-refractivity contribution in [1.29, 1.82) is 0 Å². The number of carbonyl (C=O) groups is 4. The minimum Gasteiger partial charge on any atom is -0.511 e. The minimum atomic E-state index is -1.74. The third-order valence-electron chi connectivity index (χ3n) is 9.32. The van der Waals surface area contributed by atoms with Gasteiger partial charge in [0.2, 0.25) is 0 Å². The molecule has 5 aliphatic rings. The first-order valence-corrected chi connectivity index (χ1v) is 12.7. The van der Waals surface area contributed by atoms with E-state index >= 15 is 0 Å². The van der Waals surface area contributed by atoms with E-state index in [4.69, 9.17) is 18.9 Å². The zero-order valence-corrected chi connectivity index (χ0v) is 21.9. The number of aliphatic hydroxyl groups is 1. The van der Waals surface area contributed by atoms with Gasteiger partial charge in [-0.2, -0.15) is 0 Å². The first-order chi connectivity index (χ1) is 18.9. The van der Waals surface area contributed by atoms with E-state index in [9.17, 15) is 34.5 Å². The Kier molecular flexibility index (Phi) is 4.57. The molecule has 2 aliphatic heterocycles. The molecule has 7 rings (SSSR count). The predicted octanol–water partition coefficient (Wildman–Crippen LogP) is 2.49. The van der Waals surface area contributed by atoms with Gasteiger partial charge in [-0.3, -0.25) is 9.59 Å². The number of benzene rings is 2. The van der Waals surface area contributed by atoms with Crippen molar-refractivity contribution >= 4 is 29.3 Å². The van der Waals surface area contributed by atoms with Crippen LogP contribution in [0.25, 0.3) is 5.57 Å². The van der Waals surface area contributed by atoms with Crippen molar-refractivity contribution in [1.82, 2.24) is 0 Å². The number of aromatic hydroxyl groups is 2. The molecule has 40 heavy (non-hydrogen) atoms. The lowest BCUT2D eigenvalue weighted by Crippen LogP contribution is -2.56. The van der Waals surface area contributed by atoms with Crippen molar-refractivity contribution in [3.05, 3.63) is 62.4 Å². The first kappa shape index (κ1) is 24.6. The lowest BCUT2D eigenvalue weighted by Gasteiger charge is -2.48. The summed E-state index contributed by atoms with van der Waals surface area (Å²) in [6, 6.07) is 2.67. The summed E-state index contributed by atoms with van der Waals surface area (Å²) in [5.74, 6) is -6.47. The summed E-state index contributed by atoms with van der Waals surface area (Å²) in [5.41, 5.74) is -1.88. The first-order valence-electron chi connectivity index (χ1n) is 12.7. The Labute approximate surface area is 226 Å². The van der Waals surface area contributed by atoms with Gasteiger partial charge in [-0.05, 0) is 48.2 Å². The van der Waals surface area contributed by atoms with E-state index in [1.54, 1.807) is 13.8 Å². The second-order valence-electron chi connectivity index (χ2n) is 11.0. The van der Waals surface area contributed by atoms with E-state index in [0.717, 1.165) is 0 Å². The van der Waals surface area contributed by atoms with Crippen molar-refractivity contribution in [2.45, 2.75) is 37.9 Å². The Bertz CT molecular complexity index is 1680. The molecule has 3 aliphatic carbocycles. The topological polar surface area (TPSA) is 166 Å². The maximum Gasteiger partial charge on any atom is 0.342 e. The van der Waals surface area contributed by atoms with Crippen LogP contribution in [0.2, 0.25) is 0 Å². The molecular weight excluding hydrogens is 524 g/mol. The van der Waals surface area contributed by atoms with Gasteiger partial charge in [0.1, 0.15) is 53.3 Å². The number of phenols is 2. The summed E-state index contributed by atoms with van der Waals surface area (Å²) >= 11 is 0. The number of esters is 3. The maximum atomic E-state index is 14.6. The van der Waals surface area contributed by atoms with Crippen molar-refractivity contribution < 1.29 is 53.4 Å². The number of cyclic esters (lactones) is 2. The average molecular weight is 549 g/mol. The fourth-order valence-corrected chi connectivity index (χ4v) is 8.22. The molecule has 0 radical (unpaired) electrons. The fraction of sp³-hybridized carbons (Fsp3) is 0.379. The number of Topliss-reactive ketones (excluding diaryl/α,β-unsaturated/α-hetero) is 1. The molecule has 1 fully saturated rings. The van der Waals surface area contributed by atoms with Gasteiger partial charge in [-0.15, -0.1) is 0 Å². The summed E-state index contributed by atoms with van der Waals surface area (Å²) in [7, 11) is 1.35. The number of hydrogen-bond donors (Lipinski definition) is 3. The van der Waals surface area contributed by atoms with Gasteiger partial charge in [0.05, 0.1) is 17.3 Å².